The van der Waals surface area contributed by atoms with Crippen LogP contribution in [0.25, 0.3) is 0 Å². The van der Waals surface area contributed by atoms with Crippen molar-refractivity contribution < 1.29 is 9.53 Å². The van der Waals surface area contributed by atoms with Crippen molar-refractivity contribution in [2.75, 3.05) is 19.7 Å². The van der Waals surface area contributed by atoms with Crippen LogP contribution in [0.2, 0.25) is 0 Å². The third-order valence-corrected chi connectivity index (χ3v) is 2.77. The molecule has 1 heterocycles. The van der Waals surface area contributed by atoms with Crippen molar-refractivity contribution in [3.63, 3.8) is 0 Å². The summed E-state index contributed by atoms with van der Waals surface area (Å²) in [6.45, 7) is 5.97. The van der Waals surface area contributed by atoms with Crippen LogP contribution in [0.15, 0.2) is 18.2 Å². The Morgan fingerprint density at radius 3 is 2.38 bits per heavy atom. The van der Waals surface area contributed by atoms with Crippen LogP contribution < -0.4 is 4.74 Å². The van der Waals surface area contributed by atoms with Gasteiger partial charge in [0.1, 0.15) is 5.75 Å². The van der Waals surface area contributed by atoms with E-state index >= 15 is 0 Å². The van der Waals surface area contributed by atoms with Crippen LogP contribution in [0, 0.1) is 13.8 Å². The third kappa shape index (κ3) is 2.54. The second kappa shape index (κ2) is 4.56. The first-order valence-corrected chi connectivity index (χ1v) is 5.64. The largest absolute Gasteiger partial charge is 0.484 e. The van der Waals surface area contributed by atoms with Gasteiger partial charge in [-0.1, -0.05) is 6.07 Å². The van der Waals surface area contributed by atoms with Gasteiger partial charge in [-0.05, 0) is 43.5 Å². The highest BCUT2D eigenvalue weighted by atomic mass is 16.5. The number of hydrogen-bond acceptors (Lipinski definition) is 2. The van der Waals surface area contributed by atoms with Crippen molar-refractivity contribution in [2.45, 2.75) is 20.3 Å². The van der Waals surface area contributed by atoms with E-state index in [2.05, 4.69) is 6.07 Å². The fourth-order valence-electron chi connectivity index (χ4n) is 1.82. The molecule has 2 rings (SSSR count). The smallest absolute Gasteiger partial charge is 0.260 e. The maximum atomic E-state index is 11.6. The van der Waals surface area contributed by atoms with E-state index in [0.717, 1.165) is 36.4 Å². The summed E-state index contributed by atoms with van der Waals surface area (Å²) in [6, 6.07) is 6.00. The lowest BCUT2D eigenvalue weighted by Crippen LogP contribution is -2.44. The topological polar surface area (TPSA) is 29.5 Å². The summed E-state index contributed by atoms with van der Waals surface area (Å²) in [5, 5.41) is 0. The number of ether oxygens (including phenoxy) is 1. The van der Waals surface area contributed by atoms with Gasteiger partial charge < -0.3 is 9.64 Å². The molecule has 0 spiro atoms. The van der Waals surface area contributed by atoms with Crippen molar-refractivity contribution in [3.05, 3.63) is 29.3 Å². The number of likely N-dealkylation sites (tertiary alicyclic amines) is 1. The molecule has 86 valence electrons. The number of aryl methyl sites for hydroxylation is 2. The molecule has 3 heteroatoms. The van der Waals surface area contributed by atoms with Crippen LogP contribution in [0.5, 0.6) is 5.75 Å². The van der Waals surface area contributed by atoms with E-state index in [4.69, 9.17) is 4.74 Å². The molecule has 0 bridgehead atoms. The summed E-state index contributed by atoms with van der Waals surface area (Å²) in [7, 11) is 0. The maximum absolute atomic E-state index is 11.6. The number of rotatable bonds is 3. The molecule has 1 amide bonds. The lowest BCUT2D eigenvalue weighted by molar-refractivity contribution is -0.136. The van der Waals surface area contributed by atoms with Gasteiger partial charge in [0.2, 0.25) is 0 Å². The average molecular weight is 219 g/mol. The van der Waals surface area contributed by atoms with Gasteiger partial charge in [0, 0.05) is 13.1 Å². The van der Waals surface area contributed by atoms with Crippen LogP contribution in [0.1, 0.15) is 17.5 Å². The standard InChI is InChI=1S/C13H17NO2/c1-10-6-11(2)8-12(7-10)16-9-13(15)14-4-3-5-14/h6-8H,3-5,9H2,1-2H3. The van der Waals surface area contributed by atoms with E-state index in [1.54, 1.807) is 0 Å². The lowest BCUT2D eigenvalue weighted by atomic mass is 10.1. The summed E-state index contributed by atoms with van der Waals surface area (Å²) in [5.74, 6) is 0.872. The van der Waals surface area contributed by atoms with Gasteiger partial charge in [-0.25, -0.2) is 0 Å². The molecular formula is C13H17NO2. The third-order valence-electron chi connectivity index (χ3n) is 2.77. The zero-order valence-corrected chi connectivity index (χ0v) is 9.82. The van der Waals surface area contributed by atoms with Crippen LogP contribution in [0.4, 0.5) is 0 Å². The van der Waals surface area contributed by atoms with Crippen molar-refractivity contribution in [1.82, 2.24) is 4.90 Å². The summed E-state index contributed by atoms with van der Waals surface area (Å²) < 4.78 is 5.50. The number of amides is 1. The molecule has 0 N–H and O–H groups in total. The summed E-state index contributed by atoms with van der Waals surface area (Å²) in [6.07, 6.45) is 1.12. The number of nitrogens with zero attached hydrogens (tertiary/aromatic N) is 1. The Kier molecular flexibility index (Phi) is 3.13. The first kappa shape index (κ1) is 11.0. The zero-order valence-electron chi connectivity index (χ0n) is 9.82. The van der Waals surface area contributed by atoms with Crippen LogP contribution in [-0.2, 0) is 4.79 Å². The zero-order chi connectivity index (χ0) is 11.5. The van der Waals surface area contributed by atoms with Gasteiger partial charge >= 0.3 is 0 Å². The molecule has 1 aliphatic heterocycles. The highest BCUT2D eigenvalue weighted by Gasteiger charge is 2.20. The highest BCUT2D eigenvalue weighted by Crippen LogP contribution is 2.16. The van der Waals surface area contributed by atoms with Crippen molar-refractivity contribution in [1.29, 1.82) is 0 Å². The molecule has 1 aliphatic rings. The quantitative estimate of drug-likeness (QED) is 0.777. The summed E-state index contributed by atoms with van der Waals surface area (Å²) >= 11 is 0. The predicted molar refractivity (Wildman–Crippen MR) is 62.6 cm³/mol. The average Bonchev–Trinajstić information content (AvgIpc) is 2.10. The first-order valence-electron chi connectivity index (χ1n) is 5.64. The molecule has 1 aromatic carbocycles. The Morgan fingerprint density at radius 1 is 1.25 bits per heavy atom. The van der Waals surface area contributed by atoms with E-state index in [-0.39, 0.29) is 12.5 Å². The Bertz CT molecular complexity index is 377. The molecule has 0 saturated carbocycles. The SMILES string of the molecule is Cc1cc(C)cc(OCC(=O)N2CCC2)c1. The van der Waals surface area contributed by atoms with Gasteiger partial charge in [-0.15, -0.1) is 0 Å². The molecule has 0 radical (unpaired) electrons. The summed E-state index contributed by atoms with van der Waals surface area (Å²) in [5.41, 5.74) is 2.32. The highest BCUT2D eigenvalue weighted by molar-refractivity contribution is 5.78. The van der Waals surface area contributed by atoms with Crippen molar-refractivity contribution in [2.24, 2.45) is 0 Å². The van der Waals surface area contributed by atoms with E-state index in [1.807, 2.05) is 30.9 Å². The number of benzene rings is 1. The molecule has 1 aromatic rings. The number of hydrogen-bond donors (Lipinski definition) is 0. The Balaban J connectivity index is 1.91. The normalized spacial score (nSPS) is 14.5. The fourth-order valence-corrected chi connectivity index (χ4v) is 1.82. The van der Waals surface area contributed by atoms with E-state index < -0.39 is 0 Å². The van der Waals surface area contributed by atoms with Crippen LogP contribution in [0.3, 0.4) is 0 Å². The number of carbonyl (C=O) groups excluding carboxylic acids is 1. The van der Waals surface area contributed by atoms with Gasteiger partial charge in [-0.2, -0.15) is 0 Å². The minimum atomic E-state index is 0.0883. The van der Waals surface area contributed by atoms with Gasteiger partial charge in [0.25, 0.3) is 5.91 Å². The molecule has 16 heavy (non-hydrogen) atoms. The van der Waals surface area contributed by atoms with Crippen LogP contribution >= 0.6 is 0 Å². The molecule has 3 nitrogen and oxygen atoms in total. The minimum absolute atomic E-state index is 0.0883. The monoisotopic (exact) mass is 219 g/mol. The molecular weight excluding hydrogens is 202 g/mol. The Morgan fingerprint density at radius 2 is 1.88 bits per heavy atom. The Labute approximate surface area is 96.0 Å². The van der Waals surface area contributed by atoms with Crippen LogP contribution in [-0.4, -0.2) is 30.5 Å². The van der Waals surface area contributed by atoms with Gasteiger partial charge in [-0.3, -0.25) is 4.79 Å². The van der Waals surface area contributed by atoms with Crippen molar-refractivity contribution in [3.8, 4) is 5.75 Å². The molecule has 0 aromatic heterocycles. The Hall–Kier alpha value is -1.51. The minimum Gasteiger partial charge on any atom is -0.484 e. The molecule has 0 aliphatic carbocycles. The fraction of sp³-hybridized carbons (Fsp3) is 0.462. The van der Waals surface area contributed by atoms with E-state index in [9.17, 15) is 4.79 Å². The van der Waals surface area contributed by atoms with E-state index in [0.29, 0.717) is 0 Å². The lowest BCUT2D eigenvalue weighted by Gasteiger charge is -2.30. The summed E-state index contributed by atoms with van der Waals surface area (Å²) in [4.78, 5) is 13.4. The predicted octanol–water partition coefficient (Wildman–Crippen LogP) is 1.91. The van der Waals surface area contributed by atoms with Gasteiger partial charge in [0.15, 0.2) is 6.61 Å². The first-order chi connectivity index (χ1) is 7.65. The molecule has 1 fully saturated rings. The molecule has 1 saturated heterocycles. The molecule has 0 atom stereocenters. The van der Waals surface area contributed by atoms with Gasteiger partial charge in [0.05, 0.1) is 0 Å². The second-order valence-electron chi connectivity index (χ2n) is 4.35. The van der Waals surface area contributed by atoms with Crippen molar-refractivity contribution >= 4 is 5.91 Å². The second-order valence-corrected chi connectivity index (χ2v) is 4.35. The number of carbonyl (C=O) groups is 1. The molecule has 0 unspecified atom stereocenters. The maximum Gasteiger partial charge on any atom is 0.260 e. The van der Waals surface area contributed by atoms with E-state index in [1.165, 1.54) is 0 Å².